The number of benzene rings is 2. The number of ether oxygens (including phenoxy) is 1. The number of hydrogen-bond donors (Lipinski definition) is 1. The van der Waals surface area contributed by atoms with E-state index in [1.807, 2.05) is 35.7 Å². The van der Waals surface area contributed by atoms with Crippen molar-refractivity contribution >= 4 is 29.0 Å². The number of aromatic nitrogens is 6. The quantitative estimate of drug-likeness (QED) is 0.190. The highest BCUT2D eigenvalue weighted by Gasteiger charge is 2.33. The van der Waals surface area contributed by atoms with Gasteiger partial charge in [-0.25, -0.2) is 18.6 Å². The molecule has 0 saturated carbocycles. The summed E-state index contributed by atoms with van der Waals surface area (Å²) in [6.07, 6.45) is 9.68. The molecule has 1 amide bonds. The van der Waals surface area contributed by atoms with Gasteiger partial charge in [0, 0.05) is 31.7 Å². The lowest BCUT2D eigenvalue weighted by molar-refractivity contribution is -0.128. The van der Waals surface area contributed by atoms with E-state index < -0.39 is 40.6 Å². The van der Waals surface area contributed by atoms with E-state index in [4.69, 9.17) is 10.5 Å². The number of piperidine rings is 1. The number of imidazole rings is 1. The van der Waals surface area contributed by atoms with Crippen LogP contribution < -0.4 is 16.2 Å². The number of fused-ring (bicyclic) bond motifs is 2. The molecule has 1 fully saturated rings. The topological polar surface area (TPSA) is 153 Å². The molecule has 0 aliphatic carbocycles. The second-order valence-electron chi connectivity index (χ2n) is 12.6. The zero-order valence-electron chi connectivity index (χ0n) is 27.2. The van der Waals surface area contributed by atoms with Crippen LogP contribution in [-0.2, 0) is 11.3 Å². The van der Waals surface area contributed by atoms with Gasteiger partial charge >= 0.3 is 5.69 Å². The van der Waals surface area contributed by atoms with Gasteiger partial charge in [-0.05, 0) is 75.2 Å². The molecule has 5 heterocycles. The zero-order chi connectivity index (χ0) is 35.2. The van der Waals surface area contributed by atoms with Gasteiger partial charge in [-0.15, -0.1) is 10.2 Å². The van der Waals surface area contributed by atoms with Crippen molar-refractivity contribution in [1.29, 1.82) is 5.26 Å². The van der Waals surface area contributed by atoms with Gasteiger partial charge in [0.15, 0.2) is 23.2 Å². The van der Waals surface area contributed by atoms with Gasteiger partial charge in [-0.2, -0.15) is 5.26 Å². The summed E-state index contributed by atoms with van der Waals surface area (Å²) in [6.45, 7) is 4.88. The molecule has 13 nitrogen and oxygen atoms in total. The van der Waals surface area contributed by atoms with Gasteiger partial charge < -0.3 is 20.3 Å². The number of rotatable bonds is 7. The predicted octanol–water partition coefficient (Wildman–Crippen LogP) is 4.77. The molecule has 2 aliphatic rings. The molecule has 3 aromatic heterocycles. The molecule has 0 bridgehead atoms. The van der Waals surface area contributed by atoms with Crippen molar-refractivity contribution in [3.8, 4) is 23.3 Å². The second kappa shape index (κ2) is 12.6. The lowest BCUT2D eigenvalue weighted by atomic mass is 9.97. The van der Waals surface area contributed by atoms with Crippen LogP contribution in [0.5, 0.6) is 11.5 Å². The third-order valence-corrected chi connectivity index (χ3v) is 9.05. The number of carbonyl (C=O) groups excluding carboxylic acids is 1. The number of nitrogens with two attached hydrogens (primary N) is 1. The van der Waals surface area contributed by atoms with Crippen molar-refractivity contribution in [3.63, 3.8) is 0 Å². The Morgan fingerprint density at radius 2 is 1.88 bits per heavy atom. The van der Waals surface area contributed by atoms with Crippen molar-refractivity contribution in [2.24, 2.45) is 0 Å². The normalized spacial score (nSPS) is 16.4. The Bertz CT molecular complexity index is 2260. The molecule has 0 spiro atoms. The number of amides is 1. The third-order valence-electron chi connectivity index (χ3n) is 9.05. The highest BCUT2D eigenvalue weighted by atomic mass is 19.1. The molecule has 5 aromatic rings. The molecule has 7 rings (SSSR count). The Morgan fingerprint density at radius 3 is 2.62 bits per heavy atom. The zero-order valence-corrected chi connectivity index (χ0v) is 27.2. The molecule has 2 aliphatic heterocycles. The summed E-state index contributed by atoms with van der Waals surface area (Å²) < 4.78 is 38.6. The number of nitrogen functional groups attached to an aromatic ring is 1. The Balaban J connectivity index is 1.17. The minimum absolute atomic E-state index is 0.00289. The Labute approximate surface area is 284 Å². The van der Waals surface area contributed by atoms with E-state index in [0.717, 1.165) is 18.0 Å². The van der Waals surface area contributed by atoms with Crippen LogP contribution in [0.15, 0.2) is 83.7 Å². The summed E-state index contributed by atoms with van der Waals surface area (Å²) in [4.78, 5) is 35.9. The van der Waals surface area contributed by atoms with E-state index in [1.165, 1.54) is 29.0 Å². The molecule has 50 heavy (non-hydrogen) atoms. The summed E-state index contributed by atoms with van der Waals surface area (Å²) in [5.74, 6) is -1.64. The Morgan fingerprint density at radius 1 is 1.12 bits per heavy atom. The molecule has 254 valence electrons. The number of likely N-dealkylation sites (tertiary alicyclic amines) is 1. The molecule has 1 atom stereocenters. The standard InChI is InChI=1S/C35H32F2N10O3/c1-35(2,45-16-15-44-21-41-42-29(44)20-45)17-22(18-38)33(48)43-14-4-5-24(19-43)46-28-12-13-40-32(39)30(28)47(34(46)49)23-8-10-25(11-9-23)50-31-26(36)6-3-7-27(31)37/h3,6-13,15-17,21,24H,4-5,14,19-20H2,1-2H3,(H2,39,40)/b22-17-/t24-/m1/s1. The van der Waals surface area contributed by atoms with E-state index in [-0.39, 0.29) is 23.7 Å². The summed E-state index contributed by atoms with van der Waals surface area (Å²) >= 11 is 0. The number of nitriles is 1. The van der Waals surface area contributed by atoms with Crippen LogP contribution in [0.2, 0.25) is 0 Å². The predicted molar refractivity (Wildman–Crippen MR) is 180 cm³/mol. The number of para-hydroxylation sites is 1. The molecule has 2 N–H and O–H groups in total. The highest BCUT2D eigenvalue weighted by molar-refractivity contribution is 5.97. The Kier molecular flexibility index (Phi) is 8.14. The largest absolute Gasteiger partial charge is 0.451 e. The molecular formula is C35H32F2N10O3. The van der Waals surface area contributed by atoms with E-state index in [0.29, 0.717) is 42.7 Å². The van der Waals surface area contributed by atoms with Crippen molar-refractivity contribution < 1.29 is 18.3 Å². The lowest BCUT2D eigenvalue weighted by Crippen LogP contribution is -2.44. The van der Waals surface area contributed by atoms with E-state index in [1.54, 1.807) is 40.1 Å². The smallest absolute Gasteiger partial charge is 0.334 e. The van der Waals surface area contributed by atoms with Gasteiger partial charge in [0.05, 0.1) is 29.3 Å². The highest BCUT2D eigenvalue weighted by Crippen LogP contribution is 2.32. The van der Waals surface area contributed by atoms with E-state index >= 15 is 0 Å². The van der Waals surface area contributed by atoms with Crippen molar-refractivity contribution in [1.82, 2.24) is 38.7 Å². The first-order chi connectivity index (χ1) is 24.1. The van der Waals surface area contributed by atoms with Gasteiger partial charge in [0.2, 0.25) is 0 Å². The summed E-state index contributed by atoms with van der Waals surface area (Å²) in [5.41, 5.74) is 6.53. The summed E-state index contributed by atoms with van der Waals surface area (Å²) in [5, 5.41) is 18.2. The van der Waals surface area contributed by atoms with Crippen molar-refractivity contribution in [2.45, 2.75) is 44.8 Å². The maximum absolute atomic E-state index is 14.2. The molecular weight excluding hydrogens is 646 g/mol. The molecule has 2 aromatic carbocycles. The number of nitrogens with zero attached hydrogens (tertiary/aromatic N) is 9. The first-order valence-electron chi connectivity index (χ1n) is 15.9. The monoisotopic (exact) mass is 678 g/mol. The van der Waals surface area contributed by atoms with Gasteiger partial charge in [0.25, 0.3) is 5.91 Å². The summed E-state index contributed by atoms with van der Waals surface area (Å²) in [7, 11) is 0. The minimum atomic E-state index is -0.848. The van der Waals surface area contributed by atoms with E-state index in [2.05, 4.69) is 21.3 Å². The van der Waals surface area contributed by atoms with Gasteiger partial charge in [0.1, 0.15) is 35.1 Å². The minimum Gasteiger partial charge on any atom is -0.451 e. The fraction of sp³-hybridized carbons (Fsp3) is 0.257. The van der Waals surface area contributed by atoms with Crippen LogP contribution in [0.3, 0.4) is 0 Å². The maximum Gasteiger partial charge on any atom is 0.334 e. The van der Waals surface area contributed by atoms with E-state index in [9.17, 15) is 23.6 Å². The van der Waals surface area contributed by atoms with Crippen LogP contribution in [0.4, 0.5) is 14.6 Å². The first-order valence-corrected chi connectivity index (χ1v) is 15.9. The number of carbonyl (C=O) groups is 1. The van der Waals surface area contributed by atoms with Gasteiger partial charge in [-0.3, -0.25) is 18.5 Å². The average Bonchev–Trinajstić information content (AvgIpc) is 3.71. The number of hydrogen-bond acceptors (Lipinski definition) is 9. The van der Waals surface area contributed by atoms with Crippen LogP contribution >= 0.6 is 0 Å². The van der Waals surface area contributed by atoms with Crippen LogP contribution in [-0.4, -0.2) is 63.2 Å². The fourth-order valence-corrected chi connectivity index (χ4v) is 6.50. The van der Waals surface area contributed by atoms with Gasteiger partial charge in [-0.1, -0.05) is 6.07 Å². The summed E-state index contributed by atoms with van der Waals surface area (Å²) in [6, 6.07) is 12.9. The van der Waals surface area contributed by atoms with Crippen LogP contribution in [0.1, 0.15) is 38.6 Å². The molecule has 1 saturated heterocycles. The second-order valence-corrected chi connectivity index (χ2v) is 12.6. The van der Waals surface area contributed by atoms with Crippen molar-refractivity contribution in [3.05, 3.63) is 107 Å². The SMILES string of the molecule is CC(C)(/C=C(/C#N)C(=O)N1CCC[C@@H](n2c(=O)n(-c3ccc(Oc4c(F)cccc4F)cc3)c3c(N)nccc32)C1)N1C=Cn2cnnc2C1. The first kappa shape index (κ1) is 32.3. The maximum atomic E-state index is 14.2. The fourth-order valence-electron chi connectivity index (χ4n) is 6.50. The average molecular weight is 679 g/mol. The molecule has 0 unspecified atom stereocenters. The third kappa shape index (κ3) is 5.74. The molecule has 15 heteroatoms. The number of pyridine rings is 1. The molecule has 0 radical (unpaired) electrons. The van der Waals surface area contributed by atoms with Crippen molar-refractivity contribution in [2.75, 3.05) is 18.8 Å². The lowest BCUT2D eigenvalue weighted by Gasteiger charge is -2.37. The van der Waals surface area contributed by atoms with Crippen LogP contribution in [0.25, 0.3) is 22.9 Å². The number of anilines is 1. The van der Waals surface area contributed by atoms with Crippen LogP contribution in [0, 0.1) is 23.0 Å². The number of halogens is 2. The Hall–Kier alpha value is -6.30.